The number of imidazole rings is 1. The summed E-state index contributed by atoms with van der Waals surface area (Å²) >= 11 is 0. The van der Waals surface area contributed by atoms with Crippen LogP contribution in [0, 0.1) is 23.0 Å². The third-order valence-electron chi connectivity index (χ3n) is 5.99. The first-order valence-corrected chi connectivity index (χ1v) is 10.6. The lowest BCUT2D eigenvalue weighted by atomic mass is 9.70. The molecular weight excluding hydrogens is 396 g/mol. The Morgan fingerprint density at radius 2 is 1.77 bits per heavy atom. The smallest absolute Gasteiger partial charge is 0.270 e. The molecule has 4 rings (SSSR count). The van der Waals surface area contributed by atoms with E-state index in [1.54, 1.807) is 17.1 Å². The van der Waals surface area contributed by atoms with E-state index in [2.05, 4.69) is 31.1 Å². The average molecular weight is 424 g/mol. The third kappa shape index (κ3) is 4.68. The Morgan fingerprint density at radius 1 is 1.06 bits per heavy atom. The van der Waals surface area contributed by atoms with Gasteiger partial charge in [-0.05, 0) is 66.0 Å². The average Bonchev–Trinajstić information content (AvgIpc) is 3.19. The van der Waals surface area contributed by atoms with Crippen molar-refractivity contribution in [1.82, 2.24) is 14.9 Å². The third-order valence-corrected chi connectivity index (χ3v) is 5.99. The SMILES string of the molecule is C[C@@H]1C[C@@H](NC(=O)c2cncn2-c2ccc(-c3ccc(F)c(F)c3)cc2)CC(C)(C)C1. The van der Waals surface area contributed by atoms with Crippen LogP contribution in [0.5, 0.6) is 0 Å². The van der Waals surface area contributed by atoms with Crippen LogP contribution in [-0.4, -0.2) is 21.5 Å². The van der Waals surface area contributed by atoms with Gasteiger partial charge in [-0.2, -0.15) is 0 Å². The molecule has 0 saturated heterocycles. The molecule has 2 atom stereocenters. The van der Waals surface area contributed by atoms with Gasteiger partial charge in [0, 0.05) is 11.7 Å². The van der Waals surface area contributed by atoms with Crippen molar-refractivity contribution >= 4 is 5.91 Å². The van der Waals surface area contributed by atoms with E-state index < -0.39 is 11.6 Å². The Bertz CT molecular complexity index is 1090. The second-order valence-electron chi connectivity index (χ2n) is 9.41. The first-order valence-electron chi connectivity index (χ1n) is 10.6. The standard InChI is InChI=1S/C25H27F2N3O/c1-16-10-19(13-25(2,3)12-16)29-24(31)23-14-28-15-30(23)20-7-4-17(5-8-20)18-6-9-21(26)22(27)11-18/h4-9,11,14-16,19H,10,12-13H2,1-3H3,(H,29,31)/t16-,19-/m1/s1. The number of aromatic nitrogens is 2. The van der Waals surface area contributed by atoms with Crippen LogP contribution in [0.25, 0.3) is 16.8 Å². The molecule has 2 aromatic carbocycles. The largest absolute Gasteiger partial charge is 0.348 e. The molecule has 1 amide bonds. The quantitative estimate of drug-likeness (QED) is 0.580. The lowest BCUT2D eigenvalue weighted by Gasteiger charge is -2.39. The summed E-state index contributed by atoms with van der Waals surface area (Å²) in [6, 6.07) is 11.3. The van der Waals surface area contributed by atoms with Crippen molar-refractivity contribution in [2.75, 3.05) is 0 Å². The molecule has 1 aliphatic carbocycles. The summed E-state index contributed by atoms with van der Waals surface area (Å²) in [4.78, 5) is 17.2. The number of amides is 1. The minimum absolute atomic E-state index is 0.142. The summed E-state index contributed by atoms with van der Waals surface area (Å²) in [6.45, 7) is 6.74. The Labute approximate surface area is 181 Å². The molecule has 4 nitrogen and oxygen atoms in total. The topological polar surface area (TPSA) is 46.9 Å². The Hall–Kier alpha value is -3.02. The van der Waals surface area contributed by atoms with Crippen molar-refractivity contribution in [3.63, 3.8) is 0 Å². The predicted octanol–water partition coefficient (Wildman–Crippen LogP) is 5.76. The van der Waals surface area contributed by atoms with Gasteiger partial charge in [-0.1, -0.05) is 39.0 Å². The maximum atomic E-state index is 13.5. The molecule has 1 N–H and O–H groups in total. The van der Waals surface area contributed by atoms with Crippen LogP contribution < -0.4 is 5.32 Å². The zero-order chi connectivity index (χ0) is 22.2. The molecule has 31 heavy (non-hydrogen) atoms. The van der Waals surface area contributed by atoms with Crippen LogP contribution in [0.3, 0.4) is 0 Å². The van der Waals surface area contributed by atoms with Gasteiger partial charge < -0.3 is 5.32 Å². The molecule has 0 bridgehead atoms. The van der Waals surface area contributed by atoms with Crippen LogP contribution in [0.15, 0.2) is 55.0 Å². The van der Waals surface area contributed by atoms with Gasteiger partial charge in [-0.15, -0.1) is 0 Å². The molecule has 6 heteroatoms. The zero-order valence-electron chi connectivity index (χ0n) is 18.0. The molecule has 0 radical (unpaired) electrons. The van der Waals surface area contributed by atoms with Crippen LogP contribution in [0.1, 0.15) is 50.5 Å². The first-order chi connectivity index (χ1) is 14.7. The number of nitrogens with zero attached hydrogens (tertiary/aromatic N) is 2. The summed E-state index contributed by atoms with van der Waals surface area (Å²) in [5, 5.41) is 3.19. The Morgan fingerprint density at radius 3 is 2.45 bits per heavy atom. The summed E-state index contributed by atoms with van der Waals surface area (Å²) in [6.07, 6.45) is 6.28. The van der Waals surface area contributed by atoms with Gasteiger partial charge in [0.25, 0.3) is 5.91 Å². The van der Waals surface area contributed by atoms with Crippen LogP contribution in [0.2, 0.25) is 0 Å². The van der Waals surface area contributed by atoms with E-state index in [1.807, 2.05) is 24.3 Å². The number of hydrogen-bond donors (Lipinski definition) is 1. The van der Waals surface area contributed by atoms with E-state index >= 15 is 0 Å². The lowest BCUT2D eigenvalue weighted by Crippen LogP contribution is -2.43. The molecule has 0 aliphatic heterocycles. The Balaban J connectivity index is 1.52. The van der Waals surface area contributed by atoms with Gasteiger partial charge >= 0.3 is 0 Å². The summed E-state index contributed by atoms with van der Waals surface area (Å²) < 4.78 is 28.5. The van der Waals surface area contributed by atoms with Crippen molar-refractivity contribution in [3.8, 4) is 16.8 Å². The Kier molecular flexibility index (Phi) is 5.65. The monoisotopic (exact) mass is 423 g/mol. The minimum atomic E-state index is -0.879. The highest BCUT2D eigenvalue weighted by Crippen LogP contribution is 2.38. The number of halogens is 2. The summed E-state index contributed by atoms with van der Waals surface area (Å²) in [5.41, 5.74) is 2.80. The second kappa shape index (κ2) is 8.25. The number of rotatable bonds is 4. The summed E-state index contributed by atoms with van der Waals surface area (Å²) in [7, 11) is 0. The normalized spacial score (nSPS) is 20.4. The first kappa shape index (κ1) is 21.2. The number of nitrogens with one attached hydrogen (secondary N) is 1. The molecule has 0 spiro atoms. The number of hydrogen-bond acceptors (Lipinski definition) is 2. The highest BCUT2D eigenvalue weighted by Gasteiger charge is 2.33. The maximum Gasteiger partial charge on any atom is 0.270 e. The fraction of sp³-hybridized carbons (Fsp3) is 0.360. The molecule has 162 valence electrons. The fourth-order valence-corrected chi connectivity index (χ4v) is 4.87. The minimum Gasteiger partial charge on any atom is -0.348 e. The van der Waals surface area contributed by atoms with Crippen LogP contribution in [-0.2, 0) is 0 Å². The molecule has 1 fully saturated rings. The number of carbonyl (C=O) groups is 1. The van der Waals surface area contributed by atoms with Crippen molar-refractivity contribution < 1.29 is 13.6 Å². The van der Waals surface area contributed by atoms with Gasteiger partial charge in [0.2, 0.25) is 0 Å². The van der Waals surface area contributed by atoms with E-state index in [4.69, 9.17) is 0 Å². The van der Waals surface area contributed by atoms with Crippen molar-refractivity contribution in [2.45, 2.75) is 46.1 Å². The van der Waals surface area contributed by atoms with Crippen molar-refractivity contribution in [2.24, 2.45) is 11.3 Å². The van der Waals surface area contributed by atoms with Crippen molar-refractivity contribution in [1.29, 1.82) is 0 Å². The molecule has 1 heterocycles. The van der Waals surface area contributed by atoms with Crippen LogP contribution in [0.4, 0.5) is 8.78 Å². The van der Waals surface area contributed by atoms with Crippen LogP contribution >= 0.6 is 0 Å². The molecule has 1 aromatic heterocycles. The molecule has 1 aliphatic rings. The van der Waals surface area contributed by atoms with E-state index in [9.17, 15) is 13.6 Å². The predicted molar refractivity (Wildman–Crippen MR) is 117 cm³/mol. The number of benzene rings is 2. The zero-order valence-corrected chi connectivity index (χ0v) is 18.0. The van der Waals surface area contributed by atoms with Gasteiger partial charge in [0.15, 0.2) is 11.6 Å². The summed E-state index contributed by atoms with van der Waals surface area (Å²) in [5.74, 6) is -1.32. The van der Waals surface area contributed by atoms with E-state index in [0.29, 0.717) is 17.2 Å². The molecule has 1 saturated carbocycles. The van der Waals surface area contributed by atoms with Gasteiger partial charge in [-0.3, -0.25) is 9.36 Å². The molecular formula is C25H27F2N3O. The van der Waals surface area contributed by atoms with E-state index in [0.717, 1.165) is 30.2 Å². The highest BCUT2D eigenvalue weighted by atomic mass is 19.2. The lowest BCUT2D eigenvalue weighted by molar-refractivity contribution is 0.0867. The maximum absolute atomic E-state index is 13.5. The van der Waals surface area contributed by atoms with E-state index in [-0.39, 0.29) is 17.4 Å². The highest BCUT2D eigenvalue weighted by molar-refractivity contribution is 5.93. The second-order valence-corrected chi connectivity index (χ2v) is 9.41. The van der Waals surface area contributed by atoms with Crippen molar-refractivity contribution in [3.05, 3.63) is 72.3 Å². The van der Waals surface area contributed by atoms with Gasteiger partial charge in [-0.25, -0.2) is 13.8 Å². The number of carbonyl (C=O) groups excluding carboxylic acids is 1. The molecule has 3 aromatic rings. The van der Waals surface area contributed by atoms with E-state index in [1.165, 1.54) is 18.6 Å². The fourth-order valence-electron chi connectivity index (χ4n) is 4.87. The van der Waals surface area contributed by atoms with Gasteiger partial charge in [0.05, 0.1) is 12.5 Å². The molecule has 0 unspecified atom stereocenters. The van der Waals surface area contributed by atoms with Gasteiger partial charge in [0.1, 0.15) is 5.69 Å².